The number of carbonyl (C=O) groups is 1. The average molecular weight is 350 g/mol. The summed E-state index contributed by atoms with van der Waals surface area (Å²) in [7, 11) is 0. The fourth-order valence-corrected chi connectivity index (χ4v) is 3.19. The van der Waals surface area contributed by atoms with Crippen LogP contribution in [-0.4, -0.2) is 47.0 Å². The Morgan fingerprint density at radius 3 is 2.88 bits per heavy atom. The van der Waals surface area contributed by atoms with Crippen molar-refractivity contribution in [1.82, 2.24) is 29.4 Å². The van der Waals surface area contributed by atoms with Crippen molar-refractivity contribution in [2.24, 2.45) is 0 Å². The molecule has 0 saturated carbocycles. The van der Waals surface area contributed by atoms with Crippen LogP contribution in [0.1, 0.15) is 17.0 Å². The Morgan fingerprint density at radius 1 is 1.23 bits per heavy atom. The second kappa shape index (κ2) is 7.01. The molecule has 1 aliphatic rings. The lowest BCUT2D eigenvalue weighted by atomic mass is 10.1. The highest BCUT2D eigenvalue weighted by Crippen LogP contribution is 2.21. The summed E-state index contributed by atoms with van der Waals surface area (Å²) in [5, 5.41) is 9.01. The summed E-state index contributed by atoms with van der Waals surface area (Å²) in [4.78, 5) is 30.4. The fourth-order valence-electron chi connectivity index (χ4n) is 3.19. The van der Waals surface area contributed by atoms with E-state index >= 15 is 0 Å². The zero-order valence-corrected chi connectivity index (χ0v) is 14.1. The lowest BCUT2D eigenvalue weighted by Crippen LogP contribution is -2.32. The van der Waals surface area contributed by atoms with Crippen LogP contribution in [0.15, 0.2) is 43.2 Å². The van der Waals surface area contributed by atoms with E-state index in [0.717, 1.165) is 42.0 Å². The van der Waals surface area contributed by atoms with Gasteiger partial charge in [0, 0.05) is 62.1 Å². The van der Waals surface area contributed by atoms with Gasteiger partial charge in [-0.25, -0.2) is 19.9 Å². The summed E-state index contributed by atoms with van der Waals surface area (Å²) in [6.45, 7) is 2.30. The standard InChI is InChI=1S/C18H18N6O2/c25-17(26)11-24-4-1-2-15(24)10-23-5-3-16-14(9-23)8-21-18(22-16)13-6-19-12-20-7-13/h1-2,4,6-8,12H,3,5,9-11H2,(H,25,26). The van der Waals surface area contributed by atoms with Crippen molar-refractivity contribution in [2.75, 3.05) is 6.54 Å². The summed E-state index contributed by atoms with van der Waals surface area (Å²) in [6, 6.07) is 3.85. The number of rotatable bonds is 5. The zero-order valence-electron chi connectivity index (χ0n) is 14.1. The van der Waals surface area contributed by atoms with Gasteiger partial charge in [-0.2, -0.15) is 0 Å². The molecule has 3 aromatic heterocycles. The van der Waals surface area contributed by atoms with Crippen LogP contribution in [0.3, 0.4) is 0 Å². The van der Waals surface area contributed by atoms with E-state index in [1.54, 1.807) is 23.2 Å². The van der Waals surface area contributed by atoms with Crippen LogP contribution < -0.4 is 0 Å². The van der Waals surface area contributed by atoms with Gasteiger partial charge in [-0.05, 0) is 12.1 Å². The molecule has 0 atom stereocenters. The van der Waals surface area contributed by atoms with Crippen LogP contribution in [0, 0.1) is 0 Å². The molecule has 1 N–H and O–H groups in total. The van der Waals surface area contributed by atoms with Crippen molar-refractivity contribution < 1.29 is 9.90 Å². The Hall–Kier alpha value is -3.13. The molecule has 0 aliphatic carbocycles. The predicted octanol–water partition coefficient (Wildman–Crippen LogP) is 1.38. The average Bonchev–Trinajstić information content (AvgIpc) is 3.08. The first kappa shape index (κ1) is 16.3. The summed E-state index contributed by atoms with van der Waals surface area (Å²) >= 11 is 0. The van der Waals surface area contributed by atoms with E-state index in [1.807, 2.05) is 18.3 Å². The summed E-state index contributed by atoms with van der Waals surface area (Å²) in [5.74, 6) is -0.189. The minimum absolute atomic E-state index is 0.0155. The van der Waals surface area contributed by atoms with Gasteiger partial charge in [-0.3, -0.25) is 9.69 Å². The van der Waals surface area contributed by atoms with Crippen molar-refractivity contribution >= 4 is 5.97 Å². The third kappa shape index (κ3) is 3.45. The molecule has 0 amide bonds. The van der Waals surface area contributed by atoms with Crippen LogP contribution in [0.4, 0.5) is 0 Å². The van der Waals surface area contributed by atoms with E-state index in [0.29, 0.717) is 12.4 Å². The van der Waals surface area contributed by atoms with Gasteiger partial charge in [0.1, 0.15) is 12.9 Å². The van der Waals surface area contributed by atoms with Gasteiger partial charge in [-0.15, -0.1) is 0 Å². The van der Waals surface area contributed by atoms with Gasteiger partial charge >= 0.3 is 5.97 Å². The highest BCUT2D eigenvalue weighted by atomic mass is 16.4. The number of hydrogen-bond acceptors (Lipinski definition) is 6. The number of aliphatic carboxylic acids is 1. The van der Waals surface area contributed by atoms with Crippen LogP contribution in [0.25, 0.3) is 11.4 Å². The quantitative estimate of drug-likeness (QED) is 0.742. The monoisotopic (exact) mass is 350 g/mol. The topological polar surface area (TPSA) is 97.0 Å². The van der Waals surface area contributed by atoms with Gasteiger partial charge in [0.2, 0.25) is 0 Å². The maximum Gasteiger partial charge on any atom is 0.323 e. The lowest BCUT2D eigenvalue weighted by Gasteiger charge is -2.28. The molecule has 0 aromatic carbocycles. The molecule has 0 fully saturated rings. The second-order valence-corrected chi connectivity index (χ2v) is 6.27. The first-order chi connectivity index (χ1) is 12.7. The molecule has 4 heterocycles. The molecule has 0 bridgehead atoms. The first-order valence-electron chi connectivity index (χ1n) is 8.37. The van der Waals surface area contributed by atoms with Crippen LogP contribution in [0.5, 0.6) is 0 Å². The molecular weight excluding hydrogens is 332 g/mol. The smallest absolute Gasteiger partial charge is 0.323 e. The normalized spacial score (nSPS) is 14.2. The Bertz CT molecular complexity index is 924. The molecule has 8 heteroatoms. The van der Waals surface area contributed by atoms with E-state index in [2.05, 4.69) is 24.8 Å². The molecule has 0 unspecified atom stereocenters. The molecule has 132 valence electrons. The molecular formula is C18H18N6O2. The highest BCUT2D eigenvalue weighted by molar-refractivity contribution is 5.66. The van der Waals surface area contributed by atoms with Gasteiger partial charge in [0.05, 0.1) is 11.3 Å². The van der Waals surface area contributed by atoms with Gasteiger partial charge < -0.3 is 9.67 Å². The van der Waals surface area contributed by atoms with Crippen molar-refractivity contribution in [3.8, 4) is 11.4 Å². The molecule has 0 saturated heterocycles. The number of aromatic nitrogens is 5. The maximum atomic E-state index is 11.0. The Kier molecular flexibility index (Phi) is 4.40. The molecule has 4 rings (SSSR count). The molecule has 26 heavy (non-hydrogen) atoms. The van der Waals surface area contributed by atoms with E-state index in [4.69, 9.17) is 5.11 Å². The van der Waals surface area contributed by atoms with Gasteiger partial charge in [0.15, 0.2) is 5.82 Å². The van der Waals surface area contributed by atoms with E-state index < -0.39 is 5.97 Å². The largest absolute Gasteiger partial charge is 0.480 e. The summed E-state index contributed by atoms with van der Waals surface area (Å²) in [5.41, 5.74) is 3.96. The number of carboxylic acids is 1. The molecule has 0 radical (unpaired) electrons. The number of fused-ring (bicyclic) bond motifs is 1. The third-order valence-electron chi connectivity index (χ3n) is 4.45. The van der Waals surface area contributed by atoms with Crippen molar-refractivity contribution in [3.63, 3.8) is 0 Å². The maximum absolute atomic E-state index is 11.0. The van der Waals surface area contributed by atoms with Crippen molar-refractivity contribution in [2.45, 2.75) is 26.1 Å². The minimum atomic E-state index is -0.836. The predicted molar refractivity (Wildman–Crippen MR) is 92.9 cm³/mol. The first-order valence-corrected chi connectivity index (χ1v) is 8.37. The lowest BCUT2D eigenvalue weighted by molar-refractivity contribution is -0.137. The fraction of sp³-hybridized carbons (Fsp3) is 0.278. The minimum Gasteiger partial charge on any atom is -0.480 e. The zero-order chi connectivity index (χ0) is 17.9. The second-order valence-electron chi connectivity index (χ2n) is 6.27. The van der Waals surface area contributed by atoms with Gasteiger partial charge in [0.25, 0.3) is 0 Å². The Labute approximate surface area is 150 Å². The molecule has 0 spiro atoms. The van der Waals surface area contributed by atoms with Crippen molar-refractivity contribution in [3.05, 3.63) is 60.2 Å². The van der Waals surface area contributed by atoms with Crippen molar-refractivity contribution in [1.29, 1.82) is 0 Å². The van der Waals surface area contributed by atoms with E-state index in [-0.39, 0.29) is 6.54 Å². The molecule has 8 nitrogen and oxygen atoms in total. The molecule has 3 aromatic rings. The number of carboxylic acid groups (broad SMARTS) is 1. The Balaban J connectivity index is 1.49. The van der Waals surface area contributed by atoms with Crippen LogP contribution in [-0.2, 0) is 30.8 Å². The van der Waals surface area contributed by atoms with Crippen LogP contribution >= 0.6 is 0 Å². The SMILES string of the molecule is O=C(O)Cn1cccc1CN1CCc2nc(-c3cncnc3)ncc2C1. The number of hydrogen-bond donors (Lipinski definition) is 1. The van der Waals surface area contributed by atoms with E-state index in [1.165, 1.54) is 6.33 Å². The summed E-state index contributed by atoms with van der Waals surface area (Å²) < 4.78 is 1.77. The highest BCUT2D eigenvalue weighted by Gasteiger charge is 2.20. The third-order valence-corrected chi connectivity index (χ3v) is 4.45. The van der Waals surface area contributed by atoms with Crippen LogP contribution in [0.2, 0.25) is 0 Å². The van der Waals surface area contributed by atoms with E-state index in [9.17, 15) is 4.79 Å². The molecule has 1 aliphatic heterocycles. The number of nitrogens with zero attached hydrogens (tertiary/aromatic N) is 6. The Morgan fingerprint density at radius 2 is 2.08 bits per heavy atom. The summed E-state index contributed by atoms with van der Waals surface area (Å²) in [6.07, 6.45) is 9.41. The van der Waals surface area contributed by atoms with Gasteiger partial charge in [-0.1, -0.05) is 0 Å².